The van der Waals surface area contributed by atoms with Crippen molar-refractivity contribution in [1.82, 2.24) is 14.5 Å². The van der Waals surface area contributed by atoms with Crippen LogP contribution in [0.1, 0.15) is 6.23 Å². The fraction of sp³-hybridized carbons (Fsp3) is 0.385. The number of terminal acetylenes is 1. The summed E-state index contributed by atoms with van der Waals surface area (Å²) in [6.45, 7) is -0.738. The molecule has 3 heterocycles. The summed E-state index contributed by atoms with van der Waals surface area (Å²) in [6, 6.07) is 0. The summed E-state index contributed by atoms with van der Waals surface area (Å²) in [4.78, 5) is 7.52. The molecule has 2 aromatic heterocycles. The minimum atomic E-state index is -1.82. The Hall–Kier alpha value is -1.96. The van der Waals surface area contributed by atoms with Gasteiger partial charge < -0.3 is 30.4 Å². The SMILES string of the molecule is C#CC1(CO)OC(n2cc(F)c3c(N)nc(Cl)nc32)C(O)C1O. The van der Waals surface area contributed by atoms with E-state index in [0.29, 0.717) is 0 Å². The maximum absolute atomic E-state index is 14.1. The van der Waals surface area contributed by atoms with Crippen LogP contribution in [0.4, 0.5) is 10.2 Å². The molecule has 0 amide bonds. The molecular weight excluding hydrogens is 331 g/mol. The maximum atomic E-state index is 14.1. The Morgan fingerprint density at radius 3 is 2.78 bits per heavy atom. The van der Waals surface area contributed by atoms with Gasteiger partial charge in [-0.25, -0.2) is 9.37 Å². The number of hydrogen-bond acceptors (Lipinski definition) is 7. The van der Waals surface area contributed by atoms with Gasteiger partial charge in [-0.05, 0) is 11.6 Å². The van der Waals surface area contributed by atoms with E-state index in [4.69, 9.17) is 28.5 Å². The van der Waals surface area contributed by atoms with Crippen LogP contribution < -0.4 is 5.73 Å². The van der Waals surface area contributed by atoms with Gasteiger partial charge in [0.1, 0.15) is 18.0 Å². The summed E-state index contributed by atoms with van der Waals surface area (Å²) in [5.41, 5.74) is 3.76. The first kappa shape index (κ1) is 15.9. The average Bonchev–Trinajstić information content (AvgIpc) is 2.96. The number of nitrogens with zero attached hydrogens (tertiary/aromatic N) is 3. The van der Waals surface area contributed by atoms with Gasteiger partial charge in [0.2, 0.25) is 5.28 Å². The normalized spacial score (nSPS) is 30.7. The van der Waals surface area contributed by atoms with Gasteiger partial charge in [-0.3, -0.25) is 0 Å². The monoisotopic (exact) mass is 342 g/mol. The average molecular weight is 343 g/mol. The molecule has 4 atom stereocenters. The van der Waals surface area contributed by atoms with Crippen LogP contribution in [0.2, 0.25) is 5.28 Å². The number of fused-ring (bicyclic) bond motifs is 1. The second kappa shape index (κ2) is 5.30. The van der Waals surface area contributed by atoms with Crippen LogP contribution in [0.15, 0.2) is 6.20 Å². The number of anilines is 1. The lowest BCUT2D eigenvalue weighted by molar-refractivity contribution is -0.0910. The van der Waals surface area contributed by atoms with Gasteiger partial charge in [0, 0.05) is 6.20 Å². The van der Waals surface area contributed by atoms with Crippen molar-refractivity contribution in [3.63, 3.8) is 0 Å². The number of nitrogen functional groups attached to an aromatic ring is 1. The van der Waals surface area contributed by atoms with E-state index in [2.05, 4.69) is 15.9 Å². The molecule has 0 saturated carbocycles. The van der Waals surface area contributed by atoms with Crippen LogP contribution in [-0.2, 0) is 4.74 Å². The zero-order valence-corrected chi connectivity index (χ0v) is 12.3. The molecule has 10 heteroatoms. The van der Waals surface area contributed by atoms with Crippen molar-refractivity contribution in [1.29, 1.82) is 0 Å². The highest BCUT2D eigenvalue weighted by Gasteiger charge is 2.54. The predicted octanol–water partition coefficient (Wildman–Crippen LogP) is -0.579. The van der Waals surface area contributed by atoms with Crippen molar-refractivity contribution in [3.05, 3.63) is 17.3 Å². The molecule has 5 N–H and O–H groups in total. The van der Waals surface area contributed by atoms with E-state index in [1.165, 1.54) is 0 Å². The standard InChI is InChI=1S/C13H12ClFN4O4/c1-2-13(4-20)8(22)7(21)11(23-13)19-3-5(15)6-9(16)17-12(14)18-10(6)19/h1,3,7-8,11,20-22H,4H2,(H2,16,17,18). The van der Waals surface area contributed by atoms with Crippen LogP contribution in [0.5, 0.6) is 0 Å². The van der Waals surface area contributed by atoms with E-state index in [-0.39, 0.29) is 22.1 Å². The van der Waals surface area contributed by atoms with Gasteiger partial charge in [0.15, 0.2) is 23.3 Å². The van der Waals surface area contributed by atoms with Crippen LogP contribution in [0.25, 0.3) is 11.0 Å². The predicted molar refractivity (Wildman–Crippen MR) is 77.7 cm³/mol. The quantitative estimate of drug-likeness (QED) is 0.425. The molecular formula is C13H12ClFN4O4. The minimum absolute atomic E-state index is 0.0398. The third kappa shape index (κ3) is 2.15. The largest absolute Gasteiger partial charge is 0.392 e. The molecule has 1 saturated heterocycles. The number of aliphatic hydroxyl groups is 3. The summed E-state index contributed by atoms with van der Waals surface area (Å²) >= 11 is 5.72. The number of hydrogen-bond donors (Lipinski definition) is 4. The van der Waals surface area contributed by atoms with E-state index >= 15 is 0 Å². The zero-order chi connectivity index (χ0) is 16.9. The number of ether oxygens (including phenoxy) is 1. The molecule has 122 valence electrons. The number of aliphatic hydroxyl groups excluding tert-OH is 3. The smallest absolute Gasteiger partial charge is 0.226 e. The molecule has 0 aromatic carbocycles. The molecule has 3 rings (SSSR count). The van der Waals surface area contributed by atoms with Crippen molar-refractivity contribution in [2.45, 2.75) is 24.0 Å². The summed E-state index contributed by atoms with van der Waals surface area (Å²) < 4.78 is 20.6. The van der Waals surface area contributed by atoms with E-state index in [0.717, 1.165) is 10.8 Å². The number of nitrogens with two attached hydrogens (primary N) is 1. The zero-order valence-electron chi connectivity index (χ0n) is 11.5. The molecule has 0 radical (unpaired) electrons. The molecule has 23 heavy (non-hydrogen) atoms. The second-order valence-electron chi connectivity index (χ2n) is 5.10. The Balaban J connectivity index is 2.17. The summed E-state index contributed by atoms with van der Waals surface area (Å²) in [5, 5.41) is 29.3. The van der Waals surface area contributed by atoms with Crippen LogP contribution in [0, 0.1) is 18.2 Å². The van der Waals surface area contributed by atoms with E-state index in [9.17, 15) is 19.7 Å². The lowest BCUT2D eigenvalue weighted by Crippen LogP contribution is -2.44. The van der Waals surface area contributed by atoms with Gasteiger partial charge in [-0.1, -0.05) is 5.92 Å². The Labute approximate surface area is 134 Å². The fourth-order valence-electron chi connectivity index (χ4n) is 2.60. The molecule has 1 fully saturated rings. The molecule has 0 aliphatic carbocycles. The minimum Gasteiger partial charge on any atom is -0.392 e. The van der Waals surface area contributed by atoms with Crippen molar-refractivity contribution < 1.29 is 24.4 Å². The van der Waals surface area contributed by atoms with Gasteiger partial charge >= 0.3 is 0 Å². The second-order valence-corrected chi connectivity index (χ2v) is 5.43. The molecule has 8 nitrogen and oxygen atoms in total. The Morgan fingerprint density at radius 2 is 2.22 bits per heavy atom. The molecule has 0 bridgehead atoms. The Bertz CT molecular complexity index is 822. The highest BCUT2D eigenvalue weighted by Crippen LogP contribution is 2.39. The lowest BCUT2D eigenvalue weighted by Gasteiger charge is -2.23. The fourth-order valence-corrected chi connectivity index (χ4v) is 2.77. The van der Waals surface area contributed by atoms with Crippen LogP contribution in [0.3, 0.4) is 0 Å². The molecule has 4 unspecified atom stereocenters. The first-order chi connectivity index (χ1) is 10.8. The number of aromatic nitrogens is 3. The molecule has 1 aliphatic heterocycles. The Kier molecular flexibility index (Phi) is 3.66. The van der Waals surface area contributed by atoms with Gasteiger partial charge in [0.05, 0.1) is 12.0 Å². The van der Waals surface area contributed by atoms with E-state index in [1.807, 2.05) is 0 Å². The van der Waals surface area contributed by atoms with Gasteiger partial charge in [-0.2, -0.15) is 4.98 Å². The summed E-state index contributed by atoms with van der Waals surface area (Å²) in [6.07, 6.45) is 1.83. The number of halogens is 2. The topological polar surface area (TPSA) is 127 Å². The first-order valence-electron chi connectivity index (χ1n) is 6.46. The Morgan fingerprint density at radius 1 is 1.52 bits per heavy atom. The van der Waals surface area contributed by atoms with E-state index < -0.39 is 36.5 Å². The van der Waals surface area contributed by atoms with Crippen molar-refractivity contribution in [2.24, 2.45) is 0 Å². The lowest BCUT2D eigenvalue weighted by atomic mass is 9.97. The third-order valence-corrected chi connectivity index (χ3v) is 3.97. The van der Waals surface area contributed by atoms with Gasteiger partial charge in [0.25, 0.3) is 0 Å². The third-order valence-electron chi connectivity index (χ3n) is 3.80. The highest BCUT2D eigenvalue weighted by molar-refractivity contribution is 6.28. The molecule has 1 aliphatic rings. The van der Waals surface area contributed by atoms with Crippen LogP contribution in [-0.4, -0.2) is 54.3 Å². The maximum Gasteiger partial charge on any atom is 0.226 e. The molecule has 0 spiro atoms. The first-order valence-corrected chi connectivity index (χ1v) is 6.84. The van der Waals surface area contributed by atoms with Crippen LogP contribution >= 0.6 is 11.6 Å². The van der Waals surface area contributed by atoms with Crippen molar-refractivity contribution in [3.8, 4) is 12.3 Å². The number of rotatable bonds is 2. The van der Waals surface area contributed by atoms with Crippen molar-refractivity contribution >= 4 is 28.5 Å². The van der Waals surface area contributed by atoms with Gasteiger partial charge in [-0.15, -0.1) is 6.42 Å². The van der Waals surface area contributed by atoms with Crippen molar-refractivity contribution in [2.75, 3.05) is 12.3 Å². The summed E-state index contributed by atoms with van der Waals surface area (Å²) in [5.74, 6) is 1.16. The highest BCUT2D eigenvalue weighted by atomic mass is 35.5. The summed E-state index contributed by atoms with van der Waals surface area (Å²) in [7, 11) is 0. The molecule has 2 aromatic rings. The van der Waals surface area contributed by atoms with E-state index in [1.54, 1.807) is 0 Å².